The predicted octanol–water partition coefficient (Wildman–Crippen LogP) is 3.67. The highest BCUT2D eigenvalue weighted by atomic mass is 16.5. The van der Waals surface area contributed by atoms with E-state index in [0.717, 1.165) is 16.7 Å². The Bertz CT molecular complexity index is 1240. The van der Waals surface area contributed by atoms with E-state index in [1.807, 2.05) is 47.4 Å². The molecule has 0 aliphatic carbocycles. The summed E-state index contributed by atoms with van der Waals surface area (Å²) in [6.07, 6.45) is 3.47. The summed E-state index contributed by atoms with van der Waals surface area (Å²) in [6, 6.07) is 17.4. The van der Waals surface area contributed by atoms with Crippen LogP contribution in [0.5, 0.6) is 5.75 Å². The summed E-state index contributed by atoms with van der Waals surface area (Å²) in [4.78, 5) is 23.0. The fourth-order valence-corrected chi connectivity index (χ4v) is 3.63. The molecule has 0 spiro atoms. The van der Waals surface area contributed by atoms with Crippen molar-refractivity contribution in [2.45, 2.75) is 6.61 Å². The van der Waals surface area contributed by atoms with Crippen LogP contribution in [0.3, 0.4) is 0 Å². The average Bonchev–Trinajstić information content (AvgIpc) is 2.84. The van der Waals surface area contributed by atoms with Crippen molar-refractivity contribution in [1.29, 1.82) is 0 Å². The van der Waals surface area contributed by atoms with Gasteiger partial charge in [0.25, 0.3) is 5.56 Å². The summed E-state index contributed by atoms with van der Waals surface area (Å²) in [7, 11) is 0. The second-order valence-corrected chi connectivity index (χ2v) is 7.23. The number of morpholine rings is 1. The number of hydrogen-bond acceptors (Lipinski definition) is 7. The lowest BCUT2D eigenvalue weighted by molar-refractivity contribution is 0.120. The molecule has 0 amide bonds. The first kappa shape index (κ1) is 19.3. The third kappa shape index (κ3) is 4.00. The molecule has 1 aliphatic heterocycles. The molecule has 1 fully saturated rings. The second kappa shape index (κ2) is 8.57. The molecule has 4 aromatic rings. The number of nitrogens with zero attached hydrogens (tertiary/aromatic N) is 3. The number of benzene rings is 2. The lowest BCUT2D eigenvalue weighted by Crippen LogP contribution is -2.37. The number of hydrogen-bond donors (Lipinski definition) is 0. The topological polar surface area (TPSA) is 77.7 Å². The Labute approximate surface area is 178 Å². The maximum absolute atomic E-state index is 12.8. The maximum Gasteiger partial charge on any atom is 0.301 e. The summed E-state index contributed by atoms with van der Waals surface area (Å²) in [5.74, 6) is 0.637. The van der Waals surface area contributed by atoms with Crippen LogP contribution in [0.2, 0.25) is 0 Å². The highest BCUT2D eigenvalue weighted by molar-refractivity contribution is 5.95. The van der Waals surface area contributed by atoms with Crippen molar-refractivity contribution < 1.29 is 13.9 Å². The monoisotopic (exact) mass is 415 g/mol. The van der Waals surface area contributed by atoms with Crippen molar-refractivity contribution in [2.75, 3.05) is 31.2 Å². The van der Waals surface area contributed by atoms with E-state index >= 15 is 0 Å². The number of fused-ring (bicyclic) bond motifs is 1. The molecule has 156 valence electrons. The average molecular weight is 415 g/mol. The van der Waals surface area contributed by atoms with Crippen LogP contribution in [0.1, 0.15) is 5.56 Å². The quantitative estimate of drug-likeness (QED) is 0.492. The summed E-state index contributed by atoms with van der Waals surface area (Å²) < 4.78 is 17.8. The second-order valence-electron chi connectivity index (χ2n) is 7.23. The van der Waals surface area contributed by atoms with E-state index in [4.69, 9.17) is 13.9 Å². The van der Waals surface area contributed by atoms with Crippen molar-refractivity contribution in [3.63, 3.8) is 0 Å². The lowest BCUT2D eigenvalue weighted by atomic mass is 10.0. The van der Waals surface area contributed by atoms with Crippen LogP contribution in [-0.4, -0.2) is 36.3 Å². The van der Waals surface area contributed by atoms with Gasteiger partial charge in [-0.25, -0.2) is 0 Å². The van der Waals surface area contributed by atoms with Gasteiger partial charge in [0, 0.05) is 25.5 Å². The van der Waals surface area contributed by atoms with Gasteiger partial charge < -0.3 is 18.8 Å². The Morgan fingerprint density at radius 3 is 2.52 bits per heavy atom. The Hall–Kier alpha value is -3.71. The van der Waals surface area contributed by atoms with E-state index in [2.05, 4.69) is 9.97 Å². The van der Waals surface area contributed by atoms with Gasteiger partial charge in [-0.15, -0.1) is 0 Å². The molecule has 7 nitrogen and oxygen atoms in total. The third-order valence-corrected chi connectivity index (χ3v) is 5.23. The zero-order valence-corrected chi connectivity index (χ0v) is 16.9. The molecule has 3 heterocycles. The molecule has 1 aliphatic rings. The van der Waals surface area contributed by atoms with Gasteiger partial charge in [0.2, 0.25) is 0 Å². The van der Waals surface area contributed by atoms with Crippen molar-refractivity contribution in [1.82, 2.24) is 9.97 Å². The minimum Gasteiger partial charge on any atom is -0.488 e. The maximum atomic E-state index is 12.8. The Morgan fingerprint density at radius 2 is 1.74 bits per heavy atom. The Morgan fingerprint density at radius 1 is 0.968 bits per heavy atom. The molecule has 0 N–H and O–H groups in total. The molecule has 0 radical (unpaired) electrons. The highest BCUT2D eigenvalue weighted by Gasteiger charge is 2.21. The summed E-state index contributed by atoms with van der Waals surface area (Å²) >= 11 is 0. The van der Waals surface area contributed by atoms with Crippen LogP contribution in [0.4, 0.5) is 6.01 Å². The van der Waals surface area contributed by atoms with Crippen LogP contribution in [-0.2, 0) is 11.3 Å². The number of pyridine rings is 1. The van der Waals surface area contributed by atoms with Gasteiger partial charge >= 0.3 is 6.01 Å². The molecular weight excluding hydrogens is 394 g/mol. The van der Waals surface area contributed by atoms with E-state index in [-0.39, 0.29) is 5.56 Å². The minimum atomic E-state index is -0.319. The van der Waals surface area contributed by atoms with Gasteiger partial charge in [0.15, 0.2) is 5.58 Å². The SMILES string of the molecule is O=c1nc(N2CCOCC2)oc2c(-c3ccccc3)c(OCc3ccncc3)ccc12. The van der Waals surface area contributed by atoms with E-state index in [9.17, 15) is 4.79 Å². The third-order valence-electron chi connectivity index (χ3n) is 5.23. The summed E-state index contributed by atoms with van der Waals surface area (Å²) in [6.45, 7) is 2.77. The van der Waals surface area contributed by atoms with Crippen molar-refractivity contribution in [2.24, 2.45) is 0 Å². The predicted molar refractivity (Wildman–Crippen MR) is 117 cm³/mol. The molecule has 0 unspecified atom stereocenters. The van der Waals surface area contributed by atoms with E-state index in [1.165, 1.54) is 0 Å². The smallest absolute Gasteiger partial charge is 0.301 e. The zero-order chi connectivity index (χ0) is 21.0. The summed E-state index contributed by atoms with van der Waals surface area (Å²) in [5.41, 5.74) is 2.79. The molecule has 0 atom stereocenters. The number of anilines is 1. The van der Waals surface area contributed by atoms with Crippen LogP contribution < -0.4 is 15.2 Å². The number of aromatic nitrogens is 2. The van der Waals surface area contributed by atoms with Crippen molar-refractivity contribution in [3.8, 4) is 16.9 Å². The lowest BCUT2D eigenvalue weighted by Gasteiger charge is -2.26. The van der Waals surface area contributed by atoms with Gasteiger partial charge in [-0.3, -0.25) is 9.78 Å². The van der Waals surface area contributed by atoms with Crippen LogP contribution in [0.15, 0.2) is 76.2 Å². The van der Waals surface area contributed by atoms with Gasteiger partial charge in [-0.2, -0.15) is 4.98 Å². The van der Waals surface area contributed by atoms with Crippen LogP contribution >= 0.6 is 0 Å². The standard InChI is InChI=1S/C24H21N3O4/c28-23-19-6-7-20(30-16-17-8-10-25-11-9-17)21(18-4-2-1-3-5-18)22(19)31-24(26-23)27-12-14-29-15-13-27/h1-11H,12-16H2. The first-order chi connectivity index (χ1) is 15.3. The van der Waals surface area contributed by atoms with Crippen molar-refractivity contribution >= 4 is 17.0 Å². The molecule has 31 heavy (non-hydrogen) atoms. The number of rotatable bonds is 5. The van der Waals surface area contributed by atoms with Gasteiger partial charge in [0.05, 0.1) is 24.2 Å². The molecule has 5 rings (SSSR count). The Balaban J connectivity index is 1.64. The molecule has 0 bridgehead atoms. The molecule has 7 heteroatoms. The highest BCUT2D eigenvalue weighted by Crippen LogP contribution is 2.37. The van der Waals surface area contributed by atoms with Gasteiger partial charge in [-0.05, 0) is 35.4 Å². The van der Waals surface area contributed by atoms with Crippen LogP contribution in [0.25, 0.3) is 22.1 Å². The molecule has 1 saturated heterocycles. The molecule has 0 saturated carbocycles. The van der Waals surface area contributed by atoms with Gasteiger partial charge in [-0.1, -0.05) is 30.3 Å². The zero-order valence-electron chi connectivity index (χ0n) is 16.9. The Kier molecular flexibility index (Phi) is 5.33. The summed E-state index contributed by atoms with van der Waals surface area (Å²) in [5, 5.41) is 0.423. The minimum absolute atomic E-state index is 0.310. The normalized spacial score (nSPS) is 14.0. The van der Waals surface area contributed by atoms with E-state index in [0.29, 0.717) is 55.6 Å². The fourth-order valence-electron chi connectivity index (χ4n) is 3.63. The van der Waals surface area contributed by atoms with E-state index < -0.39 is 0 Å². The van der Waals surface area contributed by atoms with Crippen LogP contribution in [0, 0.1) is 0 Å². The van der Waals surface area contributed by atoms with Gasteiger partial charge in [0.1, 0.15) is 12.4 Å². The number of ether oxygens (including phenoxy) is 2. The molecule has 2 aromatic heterocycles. The van der Waals surface area contributed by atoms with Crippen molar-refractivity contribution in [3.05, 3.63) is 82.9 Å². The fraction of sp³-hybridized carbons (Fsp3) is 0.208. The van der Waals surface area contributed by atoms with E-state index in [1.54, 1.807) is 24.5 Å². The molecular formula is C24H21N3O4. The first-order valence-electron chi connectivity index (χ1n) is 10.2. The first-order valence-corrected chi connectivity index (χ1v) is 10.2. The largest absolute Gasteiger partial charge is 0.488 e. The molecule has 2 aromatic carbocycles.